The minimum atomic E-state index is -0.359. The number of allylic oxidation sites excluding steroid dienone is 3. The molecule has 0 saturated carbocycles. The van der Waals surface area contributed by atoms with Gasteiger partial charge in [-0.1, -0.05) is 36.4 Å². The lowest BCUT2D eigenvalue weighted by molar-refractivity contribution is -0.129. The smallest absolute Gasteiger partial charge is 0.336 e. The molecule has 0 atom stereocenters. The zero-order chi connectivity index (χ0) is 11.1. The van der Waals surface area contributed by atoms with Crippen LogP contribution < -0.4 is 4.74 Å². The van der Waals surface area contributed by atoms with Crippen LogP contribution in [0.15, 0.2) is 48.6 Å². The molecule has 0 aliphatic rings. The Hall–Kier alpha value is -1.83. The average molecular weight is 202 g/mol. The molecule has 0 N–H and O–H groups in total. The number of para-hydroxylation sites is 1. The van der Waals surface area contributed by atoms with Crippen LogP contribution in [0.2, 0.25) is 0 Å². The number of benzene rings is 1. The van der Waals surface area contributed by atoms with Gasteiger partial charge in [-0.25, -0.2) is 4.79 Å². The van der Waals surface area contributed by atoms with E-state index in [-0.39, 0.29) is 5.97 Å². The van der Waals surface area contributed by atoms with E-state index in [1.54, 1.807) is 18.2 Å². The summed E-state index contributed by atoms with van der Waals surface area (Å²) in [7, 11) is 0. The maximum absolute atomic E-state index is 11.3. The molecule has 0 radical (unpaired) electrons. The second-order valence-corrected chi connectivity index (χ2v) is 3.07. The summed E-state index contributed by atoms with van der Waals surface area (Å²) in [5.74, 6) is 0.245. The van der Waals surface area contributed by atoms with Crippen molar-refractivity contribution in [1.29, 1.82) is 0 Å². The summed E-state index contributed by atoms with van der Waals surface area (Å²) in [5.41, 5.74) is 0.949. The van der Waals surface area contributed by atoms with Crippen LogP contribution in [0.1, 0.15) is 12.5 Å². The fourth-order valence-corrected chi connectivity index (χ4v) is 1.06. The number of carbonyl (C=O) groups excluding carboxylic acids is 1. The Kier molecular flexibility index (Phi) is 4.35. The molecule has 0 fully saturated rings. The first-order chi connectivity index (χ1) is 7.24. The van der Waals surface area contributed by atoms with Crippen molar-refractivity contribution in [2.45, 2.75) is 13.8 Å². The Labute approximate surface area is 89.9 Å². The minimum Gasteiger partial charge on any atom is -0.423 e. The van der Waals surface area contributed by atoms with Crippen LogP contribution in [0, 0.1) is 6.92 Å². The maximum atomic E-state index is 11.3. The predicted octanol–water partition coefficient (Wildman–Crippen LogP) is 3.03. The molecule has 15 heavy (non-hydrogen) atoms. The van der Waals surface area contributed by atoms with Crippen molar-refractivity contribution in [1.82, 2.24) is 0 Å². The van der Waals surface area contributed by atoms with Crippen LogP contribution in [0.5, 0.6) is 5.75 Å². The summed E-state index contributed by atoms with van der Waals surface area (Å²) in [6, 6.07) is 7.42. The number of rotatable bonds is 3. The van der Waals surface area contributed by atoms with Gasteiger partial charge in [0.15, 0.2) is 0 Å². The standard InChI is InChI=1S/C13H14O2/c1-3-4-5-10-13(14)15-12-9-7-6-8-11(12)2/h3-10H,1-2H3/b4-3+,10-5+. The molecule has 2 nitrogen and oxygen atoms in total. The third-order valence-electron chi connectivity index (χ3n) is 1.84. The van der Waals surface area contributed by atoms with Crippen LogP contribution >= 0.6 is 0 Å². The van der Waals surface area contributed by atoms with Gasteiger partial charge in [-0.2, -0.15) is 0 Å². The Morgan fingerprint density at radius 2 is 2.00 bits per heavy atom. The molecule has 78 valence electrons. The molecular formula is C13H14O2. The summed E-state index contributed by atoms with van der Waals surface area (Å²) in [6.45, 7) is 3.79. The van der Waals surface area contributed by atoms with E-state index in [0.29, 0.717) is 5.75 Å². The fraction of sp³-hybridized carbons (Fsp3) is 0.154. The van der Waals surface area contributed by atoms with E-state index in [9.17, 15) is 4.79 Å². The van der Waals surface area contributed by atoms with E-state index in [1.807, 2.05) is 38.1 Å². The quantitative estimate of drug-likeness (QED) is 0.326. The molecule has 0 unspecified atom stereocenters. The molecule has 0 amide bonds. The van der Waals surface area contributed by atoms with Crippen molar-refractivity contribution >= 4 is 5.97 Å². The molecule has 1 aromatic rings. The number of ether oxygens (including phenoxy) is 1. The molecule has 0 aliphatic carbocycles. The number of hydrogen-bond donors (Lipinski definition) is 0. The Bertz CT molecular complexity index is 389. The average Bonchev–Trinajstić information content (AvgIpc) is 2.22. The monoisotopic (exact) mass is 202 g/mol. The summed E-state index contributed by atoms with van der Waals surface area (Å²) in [4.78, 5) is 11.3. The normalized spacial score (nSPS) is 11.1. The second-order valence-electron chi connectivity index (χ2n) is 3.07. The molecule has 2 heteroatoms. The van der Waals surface area contributed by atoms with Crippen molar-refractivity contribution in [2.75, 3.05) is 0 Å². The number of aryl methyl sites for hydroxylation is 1. The SMILES string of the molecule is C/C=C/C=C/C(=O)Oc1ccccc1C. The Balaban J connectivity index is 2.63. The lowest BCUT2D eigenvalue weighted by Crippen LogP contribution is -2.04. The second kappa shape index (κ2) is 5.81. The number of esters is 1. The van der Waals surface area contributed by atoms with Crippen LogP contribution in [0.3, 0.4) is 0 Å². The third kappa shape index (κ3) is 3.81. The van der Waals surface area contributed by atoms with Crippen molar-refractivity contribution in [3.8, 4) is 5.75 Å². The Morgan fingerprint density at radius 1 is 1.27 bits per heavy atom. The molecular weight excluding hydrogens is 188 g/mol. The van der Waals surface area contributed by atoms with Crippen molar-refractivity contribution < 1.29 is 9.53 Å². The van der Waals surface area contributed by atoms with E-state index in [0.717, 1.165) is 5.56 Å². The first kappa shape index (κ1) is 11.2. The van der Waals surface area contributed by atoms with Crippen LogP contribution in [0.25, 0.3) is 0 Å². The highest BCUT2D eigenvalue weighted by molar-refractivity contribution is 5.84. The molecule has 0 aromatic heterocycles. The maximum Gasteiger partial charge on any atom is 0.336 e. The number of carbonyl (C=O) groups is 1. The first-order valence-corrected chi connectivity index (χ1v) is 4.81. The van der Waals surface area contributed by atoms with E-state index < -0.39 is 0 Å². The van der Waals surface area contributed by atoms with E-state index in [2.05, 4.69) is 0 Å². The summed E-state index contributed by atoms with van der Waals surface area (Å²) >= 11 is 0. The third-order valence-corrected chi connectivity index (χ3v) is 1.84. The van der Waals surface area contributed by atoms with Gasteiger partial charge in [0, 0.05) is 6.08 Å². The molecule has 0 heterocycles. The van der Waals surface area contributed by atoms with Gasteiger partial charge in [0.05, 0.1) is 0 Å². The van der Waals surface area contributed by atoms with Gasteiger partial charge >= 0.3 is 5.97 Å². The van der Waals surface area contributed by atoms with Gasteiger partial charge in [-0.3, -0.25) is 0 Å². The topological polar surface area (TPSA) is 26.3 Å². The van der Waals surface area contributed by atoms with Crippen LogP contribution in [-0.4, -0.2) is 5.97 Å². The molecule has 0 bridgehead atoms. The van der Waals surface area contributed by atoms with Crippen molar-refractivity contribution in [3.63, 3.8) is 0 Å². The summed E-state index contributed by atoms with van der Waals surface area (Å²) < 4.78 is 5.13. The number of hydrogen-bond acceptors (Lipinski definition) is 2. The van der Waals surface area contributed by atoms with Crippen molar-refractivity contribution in [2.24, 2.45) is 0 Å². The molecule has 0 spiro atoms. The van der Waals surface area contributed by atoms with Gasteiger partial charge in [0.25, 0.3) is 0 Å². The first-order valence-electron chi connectivity index (χ1n) is 4.81. The summed E-state index contributed by atoms with van der Waals surface area (Å²) in [5, 5.41) is 0. The van der Waals surface area contributed by atoms with Gasteiger partial charge < -0.3 is 4.74 Å². The fourth-order valence-electron chi connectivity index (χ4n) is 1.06. The zero-order valence-corrected chi connectivity index (χ0v) is 8.94. The molecule has 0 saturated heterocycles. The Morgan fingerprint density at radius 3 is 2.67 bits per heavy atom. The molecule has 1 aromatic carbocycles. The molecule has 1 rings (SSSR count). The van der Waals surface area contributed by atoms with E-state index in [4.69, 9.17) is 4.74 Å². The highest BCUT2D eigenvalue weighted by atomic mass is 16.5. The van der Waals surface area contributed by atoms with Gasteiger partial charge in [-0.05, 0) is 25.5 Å². The van der Waals surface area contributed by atoms with E-state index >= 15 is 0 Å². The zero-order valence-electron chi connectivity index (χ0n) is 8.94. The highest BCUT2D eigenvalue weighted by Gasteiger charge is 2.01. The highest BCUT2D eigenvalue weighted by Crippen LogP contribution is 2.16. The lowest BCUT2D eigenvalue weighted by Gasteiger charge is -2.03. The largest absolute Gasteiger partial charge is 0.423 e. The van der Waals surface area contributed by atoms with E-state index in [1.165, 1.54) is 6.08 Å². The van der Waals surface area contributed by atoms with Gasteiger partial charge in [0.1, 0.15) is 5.75 Å². The molecule has 0 aliphatic heterocycles. The van der Waals surface area contributed by atoms with Gasteiger partial charge in [0.2, 0.25) is 0 Å². The van der Waals surface area contributed by atoms with Crippen LogP contribution in [0.4, 0.5) is 0 Å². The lowest BCUT2D eigenvalue weighted by atomic mass is 10.2. The van der Waals surface area contributed by atoms with Gasteiger partial charge in [-0.15, -0.1) is 0 Å². The predicted molar refractivity (Wildman–Crippen MR) is 60.8 cm³/mol. The van der Waals surface area contributed by atoms with Crippen LogP contribution in [-0.2, 0) is 4.79 Å². The minimum absolute atomic E-state index is 0.359. The summed E-state index contributed by atoms with van der Waals surface area (Å²) in [6.07, 6.45) is 6.67. The van der Waals surface area contributed by atoms with Crippen molar-refractivity contribution in [3.05, 3.63) is 54.1 Å².